The van der Waals surface area contributed by atoms with Crippen LogP contribution in [0.1, 0.15) is 54.9 Å². The number of anilines is 2. The van der Waals surface area contributed by atoms with Crippen LogP contribution in [-0.2, 0) is 16.0 Å². The van der Waals surface area contributed by atoms with Crippen molar-refractivity contribution in [1.29, 1.82) is 0 Å². The van der Waals surface area contributed by atoms with Crippen LogP contribution >= 0.6 is 11.3 Å². The van der Waals surface area contributed by atoms with Crippen molar-refractivity contribution in [1.82, 2.24) is 19.9 Å². The molecule has 1 saturated heterocycles. The molecule has 3 aromatic rings. The third-order valence-corrected chi connectivity index (χ3v) is 8.91. The van der Waals surface area contributed by atoms with Gasteiger partial charge >= 0.3 is 5.69 Å². The molecule has 37 heavy (non-hydrogen) atoms. The summed E-state index contributed by atoms with van der Waals surface area (Å²) in [4.78, 5) is 39.4. The second kappa shape index (κ2) is 10.4. The van der Waals surface area contributed by atoms with Crippen LogP contribution in [0.5, 0.6) is 5.75 Å². The maximum atomic E-state index is 11.8. The average molecular weight is 525 g/mol. The molecule has 2 fully saturated rings. The van der Waals surface area contributed by atoms with Crippen molar-refractivity contribution >= 4 is 39.1 Å². The number of H-pyrrole nitrogens is 1. The zero-order valence-corrected chi connectivity index (χ0v) is 21.5. The molecule has 4 N–H and O–H groups in total. The van der Waals surface area contributed by atoms with E-state index < -0.39 is 5.69 Å². The predicted molar refractivity (Wildman–Crippen MR) is 142 cm³/mol. The molecule has 0 radical (unpaired) electrons. The van der Waals surface area contributed by atoms with Gasteiger partial charge in [0, 0.05) is 42.7 Å². The molecular formula is C26H32N6O4S. The molecule has 2 aliphatic carbocycles. The van der Waals surface area contributed by atoms with E-state index in [1.807, 2.05) is 6.07 Å². The molecule has 0 bridgehead atoms. The first-order valence-corrected chi connectivity index (χ1v) is 13.9. The second-order valence-corrected chi connectivity index (χ2v) is 11.2. The Morgan fingerprint density at radius 3 is 2.81 bits per heavy atom. The molecule has 3 aromatic heterocycles. The first-order chi connectivity index (χ1) is 18.0. The van der Waals surface area contributed by atoms with Crippen molar-refractivity contribution in [2.45, 2.75) is 63.0 Å². The Labute approximate surface area is 218 Å². The van der Waals surface area contributed by atoms with E-state index in [9.17, 15) is 9.59 Å². The van der Waals surface area contributed by atoms with Crippen LogP contribution in [0.15, 0.2) is 23.1 Å². The van der Waals surface area contributed by atoms with Gasteiger partial charge in [-0.05, 0) is 56.1 Å². The van der Waals surface area contributed by atoms with E-state index in [4.69, 9.17) is 20.2 Å². The number of ether oxygens (including phenoxy) is 2. The third-order valence-electron chi connectivity index (χ3n) is 7.75. The van der Waals surface area contributed by atoms with Crippen LogP contribution in [0.2, 0.25) is 0 Å². The number of carbonyl (C=O) groups is 1. The average Bonchev–Trinajstić information content (AvgIpc) is 3.44. The molecule has 0 unspecified atom stereocenters. The number of primary amides is 1. The Morgan fingerprint density at radius 2 is 2.05 bits per heavy atom. The number of hydrogen-bond acceptors (Lipinski definition) is 9. The number of hydrogen-bond donors (Lipinski definition) is 3. The second-order valence-electron chi connectivity index (χ2n) is 10.1. The van der Waals surface area contributed by atoms with Crippen LogP contribution in [-0.4, -0.2) is 64.2 Å². The number of morpholine rings is 1. The zero-order chi connectivity index (χ0) is 25.4. The van der Waals surface area contributed by atoms with Gasteiger partial charge in [-0.25, -0.2) is 14.8 Å². The summed E-state index contributed by atoms with van der Waals surface area (Å²) in [7, 11) is 0. The molecule has 1 amide bonds. The summed E-state index contributed by atoms with van der Waals surface area (Å²) >= 11 is 1.65. The molecule has 0 aromatic carbocycles. The van der Waals surface area contributed by atoms with Crippen LogP contribution in [0.4, 0.5) is 11.6 Å². The van der Waals surface area contributed by atoms with Gasteiger partial charge in [-0.3, -0.25) is 14.7 Å². The van der Waals surface area contributed by atoms with Gasteiger partial charge in [0.25, 0.3) is 0 Å². The summed E-state index contributed by atoms with van der Waals surface area (Å²) in [5, 5.41) is 4.21. The highest BCUT2D eigenvalue weighted by Crippen LogP contribution is 2.49. The molecule has 3 aliphatic rings. The number of thiophene rings is 1. The van der Waals surface area contributed by atoms with E-state index >= 15 is 0 Å². The lowest BCUT2D eigenvalue weighted by Gasteiger charge is -2.38. The molecule has 11 heteroatoms. The topological polar surface area (TPSA) is 135 Å². The van der Waals surface area contributed by atoms with Crippen LogP contribution in [0.25, 0.3) is 10.2 Å². The lowest BCUT2D eigenvalue weighted by molar-refractivity contribution is -0.118. The Morgan fingerprint density at radius 1 is 1.24 bits per heavy atom. The number of carbonyl (C=O) groups excluding carboxylic acids is 1. The molecule has 1 saturated carbocycles. The van der Waals surface area contributed by atoms with Gasteiger partial charge in [0.1, 0.15) is 22.2 Å². The minimum absolute atomic E-state index is 0.0952. The quantitative estimate of drug-likeness (QED) is 0.429. The number of pyridine rings is 1. The first-order valence-electron chi connectivity index (χ1n) is 13.1. The van der Waals surface area contributed by atoms with Gasteiger partial charge in [-0.15, -0.1) is 11.3 Å². The minimum Gasteiger partial charge on any atom is -0.490 e. The molecule has 4 heterocycles. The van der Waals surface area contributed by atoms with Gasteiger partial charge in [0.05, 0.1) is 24.7 Å². The summed E-state index contributed by atoms with van der Waals surface area (Å²) < 4.78 is 12.3. The van der Waals surface area contributed by atoms with Gasteiger partial charge in [0.2, 0.25) is 5.91 Å². The van der Waals surface area contributed by atoms with Crippen molar-refractivity contribution in [2.24, 2.45) is 5.73 Å². The standard InChI is InChI=1S/C26H32N6O4S/c27-20(33)13-15-1-6-19-23(15)24-18(36-17-4-2-16(3-5-17)32-9-11-35-12-10-32)14-22(30-25(24)37-19)29-21-7-8-28-26(34)31-21/h7-8,14-17H,1-6,9-13H2,(H2,27,33)(H2,28,29,30,31,34)/t15-,16-,17-/m1/s1. The molecule has 1 aliphatic heterocycles. The highest BCUT2D eigenvalue weighted by molar-refractivity contribution is 7.19. The molecule has 0 spiro atoms. The monoisotopic (exact) mass is 524 g/mol. The van der Waals surface area contributed by atoms with Crippen molar-refractivity contribution in [2.75, 3.05) is 31.6 Å². The van der Waals surface area contributed by atoms with Crippen LogP contribution in [0, 0.1) is 0 Å². The molecule has 1 atom stereocenters. The fourth-order valence-corrected chi connectivity index (χ4v) is 7.32. The maximum Gasteiger partial charge on any atom is 0.346 e. The minimum atomic E-state index is -0.427. The zero-order valence-electron chi connectivity index (χ0n) is 20.7. The van der Waals surface area contributed by atoms with Crippen LogP contribution < -0.4 is 21.5 Å². The normalized spacial score (nSPS) is 24.2. The van der Waals surface area contributed by atoms with Gasteiger partial charge in [-0.1, -0.05) is 0 Å². The van der Waals surface area contributed by atoms with Crippen molar-refractivity contribution in [3.05, 3.63) is 39.3 Å². The molecule has 10 nitrogen and oxygen atoms in total. The van der Waals surface area contributed by atoms with E-state index in [-0.39, 0.29) is 17.9 Å². The van der Waals surface area contributed by atoms with Crippen molar-refractivity contribution in [3.63, 3.8) is 0 Å². The summed E-state index contributed by atoms with van der Waals surface area (Å²) in [6, 6.07) is 4.20. The highest BCUT2D eigenvalue weighted by atomic mass is 32.1. The van der Waals surface area contributed by atoms with Crippen molar-refractivity contribution in [3.8, 4) is 5.75 Å². The lowest BCUT2D eigenvalue weighted by Crippen LogP contribution is -2.46. The number of nitrogens with two attached hydrogens (primary N) is 1. The Balaban J connectivity index is 1.29. The lowest BCUT2D eigenvalue weighted by atomic mass is 9.91. The number of aromatic nitrogens is 3. The fraction of sp³-hybridized carbons (Fsp3) is 0.538. The Bertz CT molecular complexity index is 1340. The highest BCUT2D eigenvalue weighted by Gasteiger charge is 2.33. The summed E-state index contributed by atoms with van der Waals surface area (Å²) in [5.41, 5.74) is 6.33. The third kappa shape index (κ3) is 5.21. The first kappa shape index (κ1) is 24.3. The number of aryl methyl sites for hydroxylation is 1. The maximum absolute atomic E-state index is 11.8. The van der Waals surface area contributed by atoms with Crippen LogP contribution in [0.3, 0.4) is 0 Å². The Hall–Kier alpha value is -3.02. The summed E-state index contributed by atoms with van der Waals surface area (Å²) in [6.45, 7) is 3.66. The number of fused-ring (bicyclic) bond motifs is 3. The molecule has 6 rings (SSSR count). The summed E-state index contributed by atoms with van der Waals surface area (Å²) in [5.74, 6) is 1.71. The van der Waals surface area contributed by atoms with E-state index in [0.717, 1.165) is 80.8 Å². The largest absolute Gasteiger partial charge is 0.490 e. The smallest absolute Gasteiger partial charge is 0.346 e. The van der Waals surface area contributed by atoms with E-state index in [1.54, 1.807) is 17.4 Å². The number of rotatable bonds is 7. The van der Waals surface area contributed by atoms with Gasteiger partial charge < -0.3 is 20.5 Å². The SMILES string of the molecule is NC(=O)C[C@H]1CCc2sc3nc(Nc4ccnc(=O)[nH]4)cc(O[C@H]4CC[C@H](N5CCOCC5)CC4)c3c21. The fourth-order valence-electron chi connectivity index (χ4n) is 6.03. The Kier molecular flexibility index (Phi) is 6.83. The number of nitrogens with one attached hydrogen (secondary N) is 2. The van der Waals surface area contributed by atoms with Crippen molar-refractivity contribution < 1.29 is 14.3 Å². The van der Waals surface area contributed by atoms with Gasteiger partial charge in [0.15, 0.2) is 0 Å². The van der Waals surface area contributed by atoms with E-state index in [1.165, 1.54) is 16.6 Å². The number of nitrogens with zero attached hydrogens (tertiary/aromatic N) is 3. The summed E-state index contributed by atoms with van der Waals surface area (Å²) in [6.07, 6.45) is 7.93. The van der Waals surface area contributed by atoms with E-state index in [0.29, 0.717) is 24.1 Å². The van der Waals surface area contributed by atoms with Gasteiger partial charge in [-0.2, -0.15) is 0 Å². The van der Waals surface area contributed by atoms with E-state index in [2.05, 4.69) is 20.2 Å². The number of amides is 1. The predicted octanol–water partition coefficient (Wildman–Crippen LogP) is 3.05. The molecule has 196 valence electrons. The number of aromatic amines is 1. The molecular weight excluding hydrogens is 492 g/mol.